The number of benzene rings is 2. The lowest BCUT2D eigenvalue weighted by atomic mass is 10.1. The second-order valence-electron chi connectivity index (χ2n) is 4.56. The zero-order valence-corrected chi connectivity index (χ0v) is 12.9. The third kappa shape index (κ3) is 2.90. The fourth-order valence-electron chi connectivity index (χ4n) is 1.98. The molecule has 5 nitrogen and oxygen atoms in total. The van der Waals surface area contributed by atoms with Gasteiger partial charge in [0.05, 0.1) is 17.2 Å². The van der Waals surface area contributed by atoms with Crippen LogP contribution in [0.4, 0.5) is 0 Å². The van der Waals surface area contributed by atoms with E-state index >= 15 is 0 Å². The van der Waals surface area contributed by atoms with Gasteiger partial charge in [-0.05, 0) is 36.4 Å². The van der Waals surface area contributed by atoms with Crippen molar-refractivity contribution in [1.29, 1.82) is 5.26 Å². The number of carbonyl (C=O) groups is 1. The third-order valence-electron chi connectivity index (χ3n) is 3.15. The summed E-state index contributed by atoms with van der Waals surface area (Å²) in [7, 11) is 0. The van der Waals surface area contributed by atoms with E-state index in [1.165, 1.54) is 0 Å². The fraction of sp³-hybridized carbons (Fsp3) is 0.125. The summed E-state index contributed by atoms with van der Waals surface area (Å²) in [5, 5.41) is 8.73. The van der Waals surface area contributed by atoms with E-state index in [9.17, 15) is 4.79 Å². The third-order valence-corrected chi connectivity index (χ3v) is 3.89. The molecule has 22 heavy (non-hydrogen) atoms. The van der Waals surface area contributed by atoms with E-state index in [0.717, 1.165) is 10.0 Å². The predicted octanol–water partition coefficient (Wildman–Crippen LogP) is 3.41. The number of rotatable bonds is 3. The summed E-state index contributed by atoms with van der Waals surface area (Å²) in [5.41, 5.74) is 1.68. The molecule has 0 bridgehead atoms. The van der Waals surface area contributed by atoms with Crippen molar-refractivity contribution in [2.75, 3.05) is 6.79 Å². The number of ether oxygens (including phenoxy) is 3. The van der Waals surface area contributed by atoms with Crippen molar-refractivity contribution in [3.05, 3.63) is 57.6 Å². The second-order valence-corrected chi connectivity index (χ2v) is 5.42. The molecule has 0 spiro atoms. The lowest BCUT2D eigenvalue weighted by Crippen LogP contribution is -2.05. The van der Waals surface area contributed by atoms with Gasteiger partial charge in [0, 0.05) is 10.0 Å². The van der Waals surface area contributed by atoms with Gasteiger partial charge in [-0.2, -0.15) is 5.26 Å². The molecular weight excluding hydrogens is 350 g/mol. The number of carbonyl (C=O) groups excluding carboxylic acids is 1. The van der Waals surface area contributed by atoms with E-state index in [-0.39, 0.29) is 13.4 Å². The summed E-state index contributed by atoms with van der Waals surface area (Å²) in [5.74, 6) is 0.843. The molecule has 0 aromatic heterocycles. The van der Waals surface area contributed by atoms with E-state index in [0.29, 0.717) is 22.6 Å². The largest absolute Gasteiger partial charge is 0.457 e. The number of hydrogen-bond donors (Lipinski definition) is 0. The molecule has 1 aliphatic heterocycles. The van der Waals surface area contributed by atoms with Crippen LogP contribution in [0.1, 0.15) is 21.5 Å². The minimum atomic E-state index is -0.450. The van der Waals surface area contributed by atoms with Gasteiger partial charge in [-0.15, -0.1) is 0 Å². The van der Waals surface area contributed by atoms with Crippen LogP contribution in [0.2, 0.25) is 0 Å². The van der Waals surface area contributed by atoms with Gasteiger partial charge in [-0.1, -0.05) is 15.9 Å². The van der Waals surface area contributed by atoms with Crippen LogP contribution in [0.3, 0.4) is 0 Å². The quantitative estimate of drug-likeness (QED) is 0.785. The number of esters is 1. The molecule has 3 rings (SSSR count). The molecule has 0 saturated heterocycles. The normalized spacial score (nSPS) is 11.8. The summed E-state index contributed by atoms with van der Waals surface area (Å²) in [6.07, 6.45) is 0. The van der Waals surface area contributed by atoms with Gasteiger partial charge >= 0.3 is 5.97 Å². The first-order valence-corrected chi connectivity index (χ1v) is 7.22. The monoisotopic (exact) mass is 359 g/mol. The highest BCUT2D eigenvalue weighted by Gasteiger charge is 2.17. The van der Waals surface area contributed by atoms with Crippen molar-refractivity contribution in [3.8, 4) is 17.6 Å². The Morgan fingerprint density at radius 1 is 1.23 bits per heavy atom. The van der Waals surface area contributed by atoms with Crippen LogP contribution >= 0.6 is 15.9 Å². The van der Waals surface area contributed by atoms with E-state index in [1.54, 1.807) is 36.4 Å². The van der Waals surface area contributed by atoms with Gasteiger partial charge in [0.15, 0.2) is 11.5 Å². The van der Waals surface area contributed by atoms with Crippen molar-refractivity contribution < 1.29 is 19.0 Å². The van der Waals surface area contributed by atoms with Gasteiger partial charge in [-0.3, -0.25) is 0 Å². The Bertz CT molecular complexity index is 765. The molecule has 0 radical (unpaired) electrons. The number of nitrogens with zero attached hydrogens (tertiary/aromatic N) is 1. The smallest absolute Gasteiger partial charge is 0.338 e. The zero-order valence-electron chi connectivity index (χ0n) is 11.3. The Kier molecular flexibility index (Phi) is 3.98. The van der Waals surface area contributed by atoms with Crippen LogP contribution < -0.4 is 9.47 Å². The Morgan fingerprint density at radius 3 is 2.59 bits per heavy atom. The molecule has 2 aromatic rings. The molecule has 1 heterocycles. The van der Waals surface area contributed by atoms with Crippen molar-refractivity contribution in [2.45, 2.75) is 6.61 Å². The van der Waals surface area contributed by atoms with Gasteiger partial charge < -0.3 is 14.2 Å². The predicted molar refractivity (Wildman–Crippen MR) is 80.5 cm³/mol. The van der Waals surface area contributed by atoms with Crippen molar-refractivity contribution in [3.63, 3.8) is 0 Å². The number of hydrogen-bond acceptors (Lipinski definition) is 5. The first-order valence-electron chi connectivity index (χ1n) is 6.42. The van der Waals surface area contributed by atoms with E-state index in [4.69, 9.17) is 19.5 Å². The minimum absolute atomic E-state index is 0.107. The maximum absolute atomic E-state index is 12.0. The van der Waals surface area contributed by atoms with Crippen molar-refractivity contribution in [1.82, 2.24) is 0 Å². The SMILES string of the molecule is N#Cc1ccc(C(=O)OCc2cc3c(cc2Br)OCO3)cc1. The Morgan fingerprint density at radius 2 is 1.91 bits per heavy atom. The van der Waals surface area contributed by atoms with E-state index < -0.39 is 5.97 Å². The molecule has 0 amide bonds. The molecule has 0 fully saturated rings. The van der Waals surface area contributed by atoms with Crippen molar-refractivity contribution in [2.24, 2.45) is 0 Å². The zero-order chi connectivity index (χ0) is 15.5. The Balaban J connectivity index is 1.69. The van der Waals surface area contributed by atoms with Crippen molar-refractivity contribution >= 4 is 21.9 Å². The lowest BCUT2D eigenvalue weighted by Gasteiger charge is -2.08. The molecule has 0 unspecified atom stereocenters. The van der Waals surface area contributed by atoms with Gasteiger partial charge in [0.2, 0.25) is 6.79 Å². The Labute approximate surface area is 135 Å². The number of fused-ring (bicyclic) bond motifs is 1. The van der Waals surface area contributed by atoms with Crippen LogP contribution in [-0.4, -0.2) is 12.8 Å². The summed E-state index contributed by atoms with van der Waals surface area (Å²) >= 11 is 3.41. The molecule has 0 N–H and O–H groups in total. The highest BCUT2D eigenvalue weighted by atomic mass is 79.9. The summed E-state index contributed by atoms with van der Waals surface area (Å²) in [6.45, 7) is 0.298. The summed E-state index contributed by atoms with van der Waals surface area (Å²) < 4.78 is 16.6. The molecule has 6 heteroatoms. The lowest BCUT2D eigenvalue weighted by molar-refractivity contribution is 0.0471. The maximum atomic E-state index is 12.0. The number of halogens is 1. The van der Waals surface area contributed by atoms with Crippen LogP contribution in [0, 0.1) is 11.3 Å². The number of nitriles is 1. The molecule has 1 aliphatic rings. The van der Waals surface area contributed by atoms with Crippen LogP contribution in [0.25, 0.3) is 0 Å². The van der Waals surface area contributed by atoms with E-state index in [1.807, 2.05) is 6.07 Å². The highest BCUT2D eigenvalue weighted by Crippen LogP contribution is 2.37. The summed E-state index contributed by atoms with van der Waals surface area (Å²) in [6, 6.07) is 11.8. The first-order chi connectivity index (χ1) is 10.7. The van der Waals surface area contributed by atoms with Gasteiger partial charge in [0.1, 0.15) is 6.61 Å². The molecule has 0 saturated carbocycles. The average molecular weight is 360 g/mol. The molecule has 0 atom stereocenters. The van der Waals surface area contributed by atoms with Gasteiger partial charge in [-0.25, -0.2) is 4.79 Å². The van der Waals surface area contributed by atoms with Crippen LogP contribution in [-0.2, 0) is 11.3 Å². The van der Waals surface area contributed by atoms with E-state index in [2.05, 4.69) is 15.9 Å². The standard InChI is InChI=1S/C16H10BrNO4/c17-13-6-15-14(21-9-22-15)5-12(13)8-20-16(19)11-3-1-10(7-18)2-4-11/h1-6H,8-9H2. The van der Waals surface area contributed by atoms with Crippen LogP contribution in [0.15, 0.2) is 40.9 Å². The topological polar surface area (TPSA) is 68.6 Å². The molecule has 2 aromatic carbocycles. The second kappa shape index (κ2) is 6.08. The Hall–Kier alpha value is -2.52. The summed E-state index contributed by atoms with van der Waals surface area (Å²) in [4.78, 5) is 12.0. The van der Waals surface area contributed by atoms with Crippen LogP contribution in [0.5, 0.6) is 11.5 Å². The van der Waals surface area contributed by atoms with Gasteiger partial charge in [0.25, 0.3) is 0 Å². The average Bonchev–Trinajstić information content (AvgIpc) is 2.99. The molecule has 0 aliphatic carbocycles. The highest BCUT2D eigenvalue weighted by molar-refractivity contribution is 9.10. The molecular formula is C16H10BrNO4. The fourth-order valence-corrected chi connectivity index (χ4v) is 2.41. The first kappa shape index (κ1) is 14.4. The minimum Gasteiger partial charge on any atom is -0.457 e. The maximum Gasteiger partial charge on any atom is 0.338 e. The molecule has 110 valence electrons.